The lowest BCUT2D eigenvalue weighted by molar-refractivity contribution is -0.121. The van der Waals surface area contributed by atoms with Crippen molar-refractivity contribution in [2.45, 2.75) is 50.5 Å². The standard InChI is InChI=1S/C25H35N3OS/c1-19-8-9-21(30-19)18-28-13-10-25(11-14-28)17-20(22-6-4-5-7-23(22)25)16-24(29)26-12-15-27(2)3/h4-9,20H,10-18H2,1-3H3,(H,26,29). The summed E-state index contributed by atoms with van der Waals surface area (Å²) in [6, 6.07) is 13.4. The number of likely N-dealkylation sites (tertiary alicyclic amines) is 1. The van der Waals surface area contributed by atoms with Crippen LogP contribution in [-0.4, -0.2) is 56.0 Å². The number of benzene rings is 1. The van der Waals surface area contributed by atoms with Gasteiger partial charge >= 0.3 is 0 Å². The van der Waals surface area contributed by atoms with Crippen molar-refractivity contribution < 1.29 is 4.79 Å². The van der Waals surface area contributed by atoms with Crippen molar-refractivity contribution in [1.29, 1.82) is 0 Å². The number of hydrogen-bond donors (Lipinski definition) is 1. The van der Waals surface area contributed by atoms with Crippen LogP contribution >= 0.6 is 11.3 Å². The molecule has 4 nitrogen and oxygen atoms in total. The van der Waals surface area contributed by atoms with E-state index in [-0.39, 0.29) is 11.3 Å². The number of fused-ring (bicyclic) bond motifs is 2. The molecule has 1 amide bonds. The van der Waals surface area contributed by atoms with Gasteiger partial charge in [0.2, 0.25) is 5.91 Å². The van der Waals surface area contributed by atoms with E-state index < -0.39 is 0 Å². The smallest absolute Gasteiger partial charge is 0.220 e. The highest BCUT2D eigenvalue weighted by Gasteiger charge is 2.45. The van der Waals surface area contributed by atoms with Gasteiger partial charge in [-0.15, -0.1) is 11.3 Å². The zero-order chi connectivity index (χ0) is 21.1. The van der Waals surface area contributed by atoms with Crippen molar-refractivity contribution in [3.05, 3.63) is 57.3 Å². The van der Waals surface area contributed by atoms with Gasteiger partial charge < -0.3 is 10.2 Å². The largest absolute Gasteiger partial charge is 0.355 e. The van der Waals surface area contributed by atoms with Crippen molar-refractivity contribution in [3.8, 4) is 0 Å². The van der Waals surface area contributed by atoms with E-state index in [2.05, 4.69) is 58.4 Å². The third-order valence-electron chi connectivity index (χ3n) is 6.91. The Kier molecular flexibility index (Phi) is 6.61. The highest BCUT2D eigenvalue weighted by Crippen LogP contribution is 2.52. The van der Waals surface area contributed by atoms with Gasteiger partial charge in [0.25, 0.3) is 0 Å². The third-order valence-corrected chi connectivity index (χ3v) is 7.90. The fourth-order valence-corrected chi connectivity index (χ4v) is 6.26. The van der Waals surface area contributed by atoms with E-state index in [1.54, 1.807) is 0 Å². The molecule has 2 aromatic rings. The van der Waals surface area contributed by atoms with E-state index in [1.807, 2.05) is 25.4 Å². The molecule has 1 aliphatic heterocycles. The molecule has 1 spiro atoms. The van der Waals surface area contributed by atoms with E-state index in [4.69, 9.17) is 0 Å². The average Bonchev–Trinajstić information content (AvgIpc) is 3.25. The fourth-order valence-electron chi connectivity index (χ4n) is 5.33. The Balaban J connectivity index is 1.39. The molecule has 1 aliphatic carbocycles. The molecule has 0 bridgehead atoms. The number of piperidine rings is 1. The molecule has 0 saturated carbocycles. The van der Waals surface area contributed by atoms with E-state index in [1.165, 1.54) is 33.7 Å². The molecule has 1 aromatic heterocycles. The Labute approximate surface area is 185 Å². The van der Waals surface area contributed by atoms with E-state index in [0.29, 0.717) is 12.3 Å². The molecule has 4 rings (SSSR count). The summed E-state index contributed by atoms with van der Waals surface area (Å²) < 4.78 is 0. The fraction of sp³-hybridized carbons (Fsp3) is 0.560. The number of likely N-dealkylation sites (N-methyl/N-ethyl adjacent to an activating group) is 1. The first-order valence-corrected chi connectivity index (χ1v) is 12.1. The van der Waals surface area contributed by atoms with Crippen molar-refractivity contribution in [2.75, 3.05) is 40.3 Å². The van der Waals surface area contributed by atoms with Crippen molar-refractivity contribution >= 4 is 17.2 Å². The number of amides is 1. The van der Waals surface area contributed by atoms with E-state index >= 15 is 0 Å². The molecule has 1 N–H and O–H groups in total. The van der Waals surface area contributed by atoms with Crippen molar-refractivity contribution in [2.24, 2.45) is 0 Å². The minimum absolute atomic E-state index is 0.194. The summed E-state index contributed by atoms with van der Waals surface area (Å²) in [7, 11) is 4.07. The second-order valence-electron chi connectivity index (χ2n) is 9.41. The average molecular weight is 426 g/mol. The second kappa shape index (κ2) is 9.21. The molecule has 162 valence electrons. The normalized spacial score (nSPS) is 20.6. The van der Waals surface area contributed by atoms with Crippen molar-refractivity contribution in [1.82, 2.24) is 15.1 Å². The molecule has 1 atom stereocenters. The quantitative estimate of drug-likeness (QED) is 0.724. The minimum atomic E-state index is 0.194. The van der Waals surface area contributed by atoms with E-state index in [9.17, 15) is 4.79 Å². The monoisotopic (exact) mass is 425 g/mol. The van der Waals surface area contributed by atoms with Gasteiger partial charge in [0, 0.05) is 35.8 Å². The first-order valence-electron chi connectivity index (χ1n) is 11.2. The lowest BCUT2D eigenvalue weighted by atomic mass is 9.73. The van der Waals surface area contributed by atoms with Gasteiger partial charge in [-0.05, 0) is 88.0 Å². The maximum absolute atomic E-state index is 12.6. The van der Waals surface area contributed by atoms with Crippen molar-refractivity contribution in [3.63, 3.8) is 0 Å². The molecule has 0 radical (unpaired) electrons. The number of nitrogens with zero attached hydrogens (tertiary/aromatic N) is 2. The molecule has 1 fully saturated rings. The van der Waals surface area contributed by atoms with Gasteiger partial charge in [0.1, 0.15) is 0 Å². The van der Waals surface area contributed by atoms with Crippen LogP contribution in [0.15, 0.2) is 36.4 Å². The molecule has 1 unspecified atom stereocenters. The van der Waals surface area contributed by atoms with E-state index in [0.717, 1.165) is 39.1 Å². The zero-order valence-corrected chi connectivity index (χ0v) is 19.4. The first-order chi connectivity index (χ1) is 14.4. The molecule has 1 saturated heterocycles. The van der Waals surface area contributed by atoms with Gasteiger partial charge in [-0.1, -0.05) is 24.3 Å². The summed E-state index contributed by atoms with van der Waals surface area (Å²) in [6.45, 7) is 7.17. The Bertz CT molecular complexity index is 867. The summed E-state index contributed by atoms with van der Waals surface area (Å²) in [5, 5.41) is 3.11. The lowest BCUT2D eigenvalue weighted by Crippen LogP contribution is -2.41. The summed E-state index contributed by atoms with van der Waals surface area (Å²) in [4.78, 5) is 20.2. The Morgan fingerprint density at radius 1 is 1.20 bits per heavy atom. The summed E-state index contributed by atoms with van der Waals surface area (Å²) in [5.41, 5.74) is 3.19. The molecular formula is C25H35N3OS. The SMILES string of the molecule is Cc1ccc(CN2CCC3(CC2)CC(CC(=O)NCCN(C)C)c2ccccc23)s1. The number of hydrogen-bond acceptors (Lipinski definition) is 4. The number of carbonyl (C=O) groups is 1. The van der Waals surface area contributed by atoms with Crippen LogP contribution in [0.1, 0.15) is 52.5 Å². The van der Waals surface area contributed by atoms with Gasteiger partial charge in [-0.2, -0.15) is 0 Å². The minimum Gasteiger partial charge on any atom is -0.355 e. The Hall–Kier alpha value is -1.69. The summed E-state index contributed by atoms with van der Waals surface area (Å²) in [5.74, 6) is 0.547. The molecule has 2 aliphatic rings. The van der Waals surface area contributed by atoms with Crippen LogP contribution in [0, 0.1) is 6.92 Å². The number of aryl methyl sites for hydroxylation is 1. The maximum Gasteiger partial charge on any atom is 0.220 e. The molecule has 30 heavy (non-hydrogen) atoms. The van der Waals surface area contributed by atoms with Crippen LogP contribution < -0.4 is 5.32 Å². The van der Waals surface area contributed by atoms with Crippen LogP contribution in [0.25, 0.3) is 0 Å². The third kappa shape index (κ3) is 4.79. The maximum atomic E-state index is 12.6. The predicted octanol–water partition coefficient (Wildman–Crippen LogP) is 4.15. The molecule has 1 aromatic carbocycles. The van der Waals surface area contributed by atoms with Gasteiger partial charge in [-0.25, -0.2) is 0 Å². The molecular weight excluding hydrogens is 390 g/mol. The first kappa shape index (κ1) is 21.5. The zero-order valence-electron chi connectivity index (χ0n) is 18.6. The number of nitrogens with one attached hydrogen (secondary N) is 1. The van der Waals surface area contributed by atoms with Gasteiger partial charge in [-0.3, -0.25) is 9.69 Å². The molecule has 5 heteroatoms. The number of rotatable bonds is 7. The Morgan fingerprint density at radius 2 is 1.97 bits per heavy atom. The van der Waals surface area contributed by atoms with Gasteiger partial charge in [0.05, 0.1) is 0 Å². The number of carbonyl (C=O) groups excluding carboxylic acids is 1. The summed E-state index contributed by atoms with van der Waals surface area (Å²) >= 11 is 1.92. The topological polar surface area (TPSA) is 35.6 Å². The van der Waals surface area contributed by atoms with Crippen LogP contribution in [0.3, 0.4) is 0 Å². The summed E-state index contributed by atoms with van der Waals surface area (Å²) in [6.07, 6.45) is 4.14. The van der Waals surface area contributed by atoms with Crippen LogP contribution in [0.5, 0.6) is 0 Å². The van der Waals surface area contributed by atoms with Gasteiger partial charge in [0.15, 0.2) is 0 Å². The highest BCUT2D eigenvalue weighted by atomic mass is 32.1. The number of thiophene rings is 1. The molecule has 2 heterocycles. The Morgan fingerprint density at radius 3 is 2.67 bits per heavy atom. The second-order valence-corrected chi connectivity index (χ2v) is 10.8. The predicted molar refractivity (Wildman–Crippen MR) is 125 cm³/mol. The highest BCUT2D eigenvalue weighted by molar-refractivity contribution is 7.11. The van der Waals surface area contributed by atoms with Crippen LogP contribution in [-0.2, 0) is 16.8 Å². The lowest BCUT2D eigenvalue weighted by Gasteiger charge is -2.40. The van der Waals surface area contributed by atoms with Crippen LogP contribution in [0.2, 0.25) is 0 Å². The van der Waals surface area contributed by atoms with Crippen LogP contribution in [0.4, 0.5) is 0 Å².